The second-order valence-electron chi connectivity index (χ2n) is 48.6. The lowest BCUT2D eigenvalue weighted by Gasteiger charge is -2.22. The lowest BCUT2D eigenvalue weighted by molar-refractivity contribution is -0.326. The number of rotatable bonds is 31. The highest BCUT2D eigenvalue weighted by Gasteiger charge is 2.35. The fourth-order valence-corrected chi connectivity index (χ4v) is 15.6. The normalized spacial score (nSPS) is 16.1. The minimum absolute atomic E-state index is 0.0730. The minimum Gasteiger partial charge on any atom is -0.411 e. The second kappa shape index (κ2) is 86.7. The van der Waals surface area contributed by atoms with Crippen LogP contribution >= 0.6 is 0 Å². The van der Waals surface area contributed by atoms with E-state index in [2.05, 4.69) is 259 Å². The van der Waals surface area contributed by atoms with Gasteiger partial charge in [0.25, 0.3) is 0 Å². The number of hydrogen-bond acceptors (Lipinski definition) is 20. The molecule has 20 nitrogen and oxygen atoms in total. The molecule has 5 rings (SSSR count). The lowest BCUT2D eigenvalue weighted by atomic mass is 9.84. The number of halogens is 6. The van der Waals surface area contributed by atoms with Gasteiger partial charge >= 0.3 is 12.7 Å². The number of hydrogen-bond donors (Lipinski definition) is 2. The summed E-state index contributed by atoms with van der Waals surface area (Å²) < 4.78 is 70.6. The molecule has 0 saturated heterocycles. The van der Waals surface area contributed by atoms with Crippen molar-refractivity contribution in [3.63, 3.8) is 0 Å². The van der Waals surface area contributed by atoms with Gasteiger partial charge in [0.05, 0.1) is 57.1 Å². The fraction of sp³-hybridized carbons (Fsp3) is 0.879. The minimum atomic E-state index is -4.68. The molecular formula is C116H232F6N10O10. The van der Waals surface area contributed by atoms with Gasteiger partial charge in [-0.25, -0.2) is 0 Å². The zero-order valence-electron chi connectivity index (χ0n) is 102. The van der Waals surface area contributed by atoms with Crippen molar-refractivity contribution < 1.29 is 75.5 Å². The maximum absolute atomic E-state index is 12.0. The zero-order chi connectivity index (χ0) is 113. The fourth-order valence-electron chi connectivity index (χ4n) is 15.6. The van der Waals surface area contributed by atoms with E-state index in [1.165, 1.54) is 127 Å². The molecule has 5 aliphatic rings. The van der Waals surface area contributed by atoms with Crippen molar-refractivity contribution in [3.8, 4) is 0 Å². The predicted octanol–water partition coefficient (Wildman–Crippen LogP) is 39.5. The third-order valence-corrected chi connectivity index (χ3v) is 19.7. The van der Waals surface area contributed by atoms with Crippen LogP contribution in [-0.2, 0) is 38.7 Å². The van der Waals surface area contributed by atoms with Crippen LogP contribution in [0.25, 0.3) is 0 Å². The lowest BCUT2D eigenvalue weighted by Crippen LogP contribution is -2.21. The smallest absolute Gasteiger partial charge is 0.411 e. The maximum atomic E-state index is 12.0. The van der Waals surface area contributed by atoms with E-state index in [0.29, 0.717) is 88.2 Å². The van der Waals surface area contributed by atoms with E-state index in [9.17, 15) is 26.3 Å². The van der Waals surface area contributed by atoms with Gasteiger partial charge in [0.1, 0.15) is 40.6 Å². The monoisotopic (exact) mass is 2040 g/mol. The van der Waals surface area contributed by atoms with Gasteiger partial charge in [-0.3, -0.25) is 9.68 Å². The molecule has 5 aliphatic carbocycles. The van der Waals surface area contributed by atoms with Gasteiger partial charge in [0, 0.05) is 29.6 Å². The van der Waals surface area contributed by atoms with Crippen LogP contribution < -0.4 is 0 Å². The molecule has 5 fully saturated rings. The van der Waals surface area contributed by atoms with Gasteiger partial charge in [-0.2, -0.15) is 0 Å². The van der Waals surface area contributed by atoms with Crippen molar-refractivity contribution >= 4 is 57.1 Å². The number of nitrogens with zero attached hydrogens (tertiary/aromatic N) is 10. The third-order valence-electron chi connectivity index (χ3n) is 19.7. The largest absolute Gasteiger partial charge is 0.593 e. The molecule has 5 saturated carbocycles. The summed E-state index contributed by atoms with van der Waals surface area (Å²) in [6, 6.07) is 0. The predicted molar refractivity (Wildman–Crippen MR) is 607 cm³/mol. The SMILES string of the molecule is C/C(CC(C)(C)C)=N/O.C/C(CC(C)(C)C)=N/OC(F)(F)F.C=CCO/N=C(/C)CC(C)(C)C.C=CCO/N=C(\CC(C)(C)C)C1CCCC1.CC.CC.CC.CC.CC.CC(C)(C)C/C(=N\O)C1CCCC1.CC(C)(C)C/C(=N\OC(F)(F)F)C1CCCC1.CCCO/N=C(/C)CC(C)(C)C.CCCO/N=C(\CC(C)(C)C)C1CCCC1.CO/N=C(/C)CC(C)(C)C.CO/N=C(\CC(C)(C)C)C1CCCC1. The summed E-state index contributed by atoms with van der Waals surface area (Å²) in [5.41, 5.74) is 11.9. The van der Waals surface area contributed by atoms with Crippen LogP contribution in [0.5, 0.6) is 0 Å². The Hall–Kier alpha value is -6.24. The van der Waals surface area contributed by atoms with Crippen LogP contribution in [0.2, 0.25) is 0 Å². The third kappa shape index (κ3) is 119. The van der Waals surface area contributed by atoms with Crippen LogP contribution in [0, 0.1) is 83.7 Å². The Balaban J connectivity index is -0.000000169. The molecule has 0 aliphatic heterocycles. The summed E-state index contributed by atoms with van der Waals surface area (Å²) in [6.07, 6.45) is 30.0. The van der Waals surface area contributed by atoms with Gasteiger partial charge in [0.2, 0.25) is 0 Å². The average molecular weight is 2040 g/mol. The highest BCUT2D eigenvalue weighted by Crippen LogP contribution is 2.38. The first-order chi connectivity index (χ1) is 65.2. The molecule has 26 heteroatoms. The standard InChI is InChI=1S/C14H27NO.C14H25NO.C12H20F3NO.C12H23NO.C11H21NO.C10H21NO.C10H19NO.C8H14F3NO.C8H17NO.C7H15NO.5C2H6/c2*1-5-10-16-15-13(11-14(2,3)4)12-8-6-7-9-12;1-11(2,3)8-10(9-6-4-5-7-9)16-17-12(13,14)15;1-12(2,3)9-11(13-14-4)10-7-5-6-8-10;1-11(2,3)8-10(12-13)9-6-4-5-7-9;2*1-6-7-12-11-9(2)8-10(3,4)5;1-6(5-7(2,3)4)12-13-8(9,10)11;1-7(9-10-5)6-8(2,3)4;1-6(8-9)5-7(2,3)4;5*1-2/h12H,5-11H2,1-4H3;5,12H,1,6-11H2,2-4H3;9H,4-8H2,1-3H3;10H,5-9H2,1-4H3;9,13H,4-8H2,1-3H3;6-8H2,1-5H3;6H,1,7-8H2,2-5H3;5H2,1-4H3;6H2,1-5H3;9H,5H2,1-4H3;5*1-2H3/b2*15-13+;16-10+;13-11+;12-10+;2*11-9-;12-6-;9-7-;8-6-;;;;;. The molecule has 0 bridgehead atoms. The Bertz CT molecular complexity index is 3300. The van der Waals surface area contributed by atoms with Gasteiger partial charge in [-0.05, 0) is 230 Å². The van der Waals surface area contributed by atoms with E-state index in [0.717, 1.165) is 132 Å². The first-order valence-corrected chi connectivity index (χ1v) is 54.3. The first-order valence-electron chi connectivity index (χ1n) is 54.3. The summed E-state index contributed by atoms with van der Waals surface area (Å²) in [6.45, 7) is 108. The summed E-state index contributed by atoms with van der Waals surface area (Å²) >= 11 is 0. The Morgan fingerprint density at radius 1 is 0.261 bits per heavy atom. The van der Waals surface area contributed by atoms with Crippen molar-refractivity contribution in [2.24, 2.45) is 135 Å². The van der Waals surface area contributed by atoms with E-state index in [1.54, 1.807) is 26.4 Å². The Morgan fingerprint density at radius 3 is 0.669 bits per heavy atom. The molecule has 0 spiro atoms. The summed E-state index contributed by atoms with van der Waals surface area (Å²) in [7, 11) is 3.23. The molecule has 142 heavy (non-hydrogen) atoms. The quantitative estimate of drug-likeness (QED) is 0.0166. The molecule has 0 unspecified atom stereocenters. The molecule has 0 heterocycles. The average Bonchev–Trinajstić information content (AvgIpc) is 1.70. The molecule has 0 aromatic carbocycles. The Kier molecular flexibility index (Phi) is 95.2. The molecule has 0 radical (unpaired) electrons. The number of oxime groups is 10. The van der Waals surface area contributed by atoms with E-state index in [1.807, 2.05) is 138 Å². The molecule has 0 atom stereocenters. The van der Waals surface area contributed by atoms with Crippen molar-refractivity contribution in [1.82, 2.24) is 0 Å². The molecule has 2 N–H and O–H groups in total. The molecule has 848 valence electrons. The van der Waals surface area contributed by atoms with Gasteiger partial charge < -0.3 is 39.4 Å². The van der Waals surface area contributed by atoms with Crippen molar-refractivity contribution in [2.45, 2.75) is 544 Å². The number of alkyl halides is 6. The van der Waals surface area contributed by atoms with Crippen LogP contribution in [0.4, 0.5) is 26.3 Å². The second-order valence-corrected chi connectivity index (χ2v) is 48.6. The van der Waals surface area contributed by atoms with Crippen molar-refractivity contribution in [3.05, 3.63) is 25.3 Å². The summed E-state index contributed by atoms with van der Waals surface area (Å²) in [5.74, 6) is 2.76. The van der Waals surface area contributed by atoms with E-state index in [4.69, 9.17) is 34.6 Å². The summed E-state index contributed by atoms with van der Waals surface area (Å²) in [5, 5.41) is 54.8. The summed E-state index contributed by atoms with van der Waals surface area (Å²) in [4.78, 5) is 37.3. The molecular weight excluding hydrogens is 1810 g/mol. The van der Waals surface area contributed by atoms with E-state index in [-0.39, 0.29) is 33.0 Å². The van der Waals surface area contributed by atoms with E-state index < -0.39 is 12.7 Å². The molecule has 0 aromatic rings. The Labute approximate surface area is 872 Å². The van der Waals surface area contributed by atoms with Crippen molar-refractivity contribution in [2.75, 3.05) is 40.6 Å². The zero-order valence-corrected chi connectivity index (χ0v) is 102. The van der Waals surface area contributed by atoms with Crippen molar-refractivity contribution in [1.29, 1.82) is 0 Å². The topological polar surface area (TPSA) is 238 Å². The van der Waals surface area contributed by atoms with Crippen LogP contribution in [-0.4, -0.2) is 121 Å². The highest BCUT2D eigenvalue weighted by atomic mass is 19.4. The van der Waals surface area contributed by atoms with Gasteiger partial charge in [0.15, 0.2) is 0 Å². The maximum Gasteiger partial charge on any atom is 0.593 e. The van der Waals surface area contributed by atoms with Gasteiger partial charge in [-0.1, -0.05) is 432 Å². The highest BCUT2D eigenvalue weighted by molar-refractivity contribution is 5.89. The first kappa shape index (κ1) is 156. The van der Waals surface area contributed by atoms with Crippen LogP contribution in [0.15, 0.2) is 76.9 Å². The van der Waals surface area contributed by atoms with E-state index >= 15 is 0 Å². The Morgan fingerprint density at radius 2 is 0.451 bits per heavy atom. The molecule has 0 amide bonds. The van der Waals surface area contributed by atoms with Crippen LogP contribution in [0.3, 0.4) is 0 Å². The molecule has 0 aromatic heterocycles. The van der Waals surface area contributed by atoms with Crippen LogP contribution in [0.1, 0.15) is 531 Å². The van der Waals surface area contributed by atoms with Gasteiger partial charge in [-0.15, -0.1) is 26.3 Å².